The van der Waals surface area contributed by atoms with Gasteiger partial charge in [0.1, 0.15) is 0 Å². The van der Waals surface area contributed by atoms with Crippen molar-refractivity contribution >= 4 is 10.4 Å². The molecule has 0 saturated heterocycles. The van der Waals surface area contributed by atoms with Crippen LogP contribution in [-0.4, -0.2) is 19.1 Å². The monoisotopic (exact) mass is 344 g/mol. The quantitative estimate of drug-likeness (QED) is 0.197. The second-order valence-electron chi connectivity index (χ2n) is 5.89. The Hall–Kier alpha value is 0.870. The van der Waals surface area contributed by atoms with E-state index in [1.165, 1.54) is 51.4 Å². The minimum atomic E-state index is -4.56. The van der Waals surface area contributed by atoms with Gasteiger partial charge in [0.2, 0.25) is 10.4 Å². The van der Waals surface area contributed by atoms with Crippen LogP contribution >= 0.6 is 0 Å². The molecule has 4 nitrogen and oxygen atoms in total. The number of rotatable bonds is 15. The average Bonchev–Trinajstić information content (AvgIpc) is 2.39. The third kappa shape index (κ3) is 18.9. The predicted molar refractivity (Wildman–Crippen MR) is 85.9 cm³/mol. The zero-order valence-corrected chi connectivity index (χ0v) is 17.6. The fourth-order valence-electron chi connectivity index (χ4n) is 2.59. The number of hydrogen-bond donors (Lipinski definition) is 0. The topological polar surface area (TPSA) is 66.4 Å². The maximum atomic E-state index is 10.6. The normalized spacial score (nSPS) is 12.9. The SMILES string of the molecule is CCCCCCCCCCCCC(CCC)OS(=O)(=O)[O-].[Na+]. The fraction of sp³-hybridized carbons (Fsp3) is 1.00. The second-order valence-corrected chi connectivity index (χ2v) is 6.89. The predicted octanol–water partition coefficient (Wildman–Crippen LogP) is 1.95. The summed E-state index contributed by atoms with van der Waals surface area (Å²) < 4.78 is 36.4. The Balaban J connectivity index is 0. The number of unbranched alkanes of at least 4 members (excludes halogenated alkanes) is 9. The Labute approximate surface area is 160 Å². The van der Waals surface area contributed by atoms with E-state index in [1.54, 1.807) is 0 Å². The van der Waals surface area contributed by atoms with Crippen molar-refractivity contribution in [3.05, 3.63) is 0 Å². The van der Waals surface area contributed by atoms with Gasteiger partial charge in [0.25, 0.3) is 0 Å². The van der Waals surface area contributed by atoms with Crippen LogP contribution in [0.3, 0.4) is 0 Å². The molecule has 1 unspecified atom stereocenters. The van der Waals surface area contributed by atoms with Crippen LogP contribution in [0.1, 0.15) is 97.3 Å². The van der Waals surface area contributed by atoms with E-state index in [0.717, 1.165) is 19.3 Å². The van der Waals surface area contributed by atoms with E-state index in [9.17, 15) is 13.0 Å². The largest absolute Gasteiger partial charge is 1.00 e. The van der Waals surface area contributed by atoms with Gasteiger partial charge in [-0.3, -0.25) is 4.18 Å². The van der Waals surface area contributed by atoms with Crippen molar-refractivity contribution in [2.75, 3.05) is 0 Å². The van der Waals surface area contributed by atoms with E-state index in [4.69, 9.17) is 0 Å². The molecular weight excluding hydrogens is 311 g/mol. The zero-order valence-electron chi connectivity index (χ0n) is 14.8. The molecule has 0 fully saturated rings. The third-order valence-corrected chi connectivity index (χ3v) is 4.25. The van der Waals surface area contributed by atoms with Gasteiger partial charge in [-0.15, -0.1) is 0 Å². The summed E-state index contributed by atoms with van der Waals surface area (Å²) in [7, 11) is -4.56. The van der Waals surface area contributed by atoms with Crippen molar-refractivity contribution in [3.63, 3.8) is 0 Å². The Morgan fingerprint density at radius 3 is 1.64 bits per heavy atom. The van der Waals surface area contributed by atoms with Crippen LogP contribution < -0.4 is 29.6 Å². The molecule has 0 aromatic heterocycles. The molecule has 22 heavy (non-hydrogen) atoms. The van der Waals surface area contributed by atoms with Crippen LogP contribution in [0.4, 0.5) is 0 Å². The molecule has 0 bridgehead atoms. The zero-order chi connectivity index (χ0) is 16.0. The van der Waals surface area contributed by atoms with E-state index in [0.29, 0.717) is 12.8 Å². The molecule has 0 aliphatic carbocycles. The summed E-state index contributed by atoms with van der Waals surface area (Å²) in [4.78, 5) is 0. The van der Waals surface area contributed by atoms with Gasteiger partial charge in [-0.05, 0) is 12.8 Å². The van der Waals surface area contributed by atoms with Crippen LogP contribution in [0.25, 0.3) is 0 Å². The van der Waals surface area contributed by atoms with Gasteiger partial charge in [0.15, 0.2) is 0 Å². The average molecular weight is 344 g/mol. The maximum Gasteiger partial charge on any atom is 1.00 e. The molecule has 0 saturated carbocycles. The molecule has 1 atom stereocenters. The molecule has 0 N–H and O–H groups in total. The second kappa shape index (κ2) is 16.7. The van der Waals surface area contributed by atoms with Crippen molar-refractivity contribution in [2.45, 2.75) is 103 Å². The van der Waals surface area contributed by atoms with E-state index >= 15 is 0 Å². The first-order valence-electron chi connectivity index (χ1n) is 8.63. The van der Waals surface area contributed by atoms with E-state index in [2.05, 4.69) is 11.1 Å². The summed E-state index contributed by atoms with van der Waals surface area (Å²) in [5.41, 5.74) is 0. The van der Waals surface area contributed by atoms with E-state index in [-0.39, 0.29) is 29.6 Å². The molecule has 0 aliphatic rings. The first kappa shape index (κ1) is 25.1. The van der Waals surface area contributed by atoms with Crippen LogP contribution in [0, 0.1) is 0 Å². The summed E-state index contributed by atoms with van der Waals surface area (Å²) in [6, 6.07) is 0. The van der Waals surface area contributed by atoms with Crippen molar-refractivity contribution < 1.29 is 46.7 Å². The first-order chi connectivity index (χ1) is 9.99. The van der Waals surface area contributed by atoms with Gasteiger partial charge in [-0.25, -0.2) is 8.42 Å². The minimum absolute atomic E-state index is 0. The van der Waals surface area contributed by atoms with Gasteiger partial charge < -0.3 is 4.55 Å². The number of hydrogen-bond acceptors (Lipinski definition) is 4. The molecule has 6 heteroatoms. The fourth-order valence-corrected chi connectivity index (χ4v) is 3.11. The Morgan fingerprint density at radius 2 is 1.23 bits per heavy atom. The molecule has 0 amide bonds. The van der Waals surface area contributed by atoms with Gasteiger partial charge in [0.05, 0.1) is 6.10 Å². The van der Waals surface area contributed by atoms with Crippen LogP contribution in [0.2, 0.25) is 0 Å². The summed E-state index contributed by atoms with van der Waals surface area (Å²) in [6.07, 6.45) is 14.2. The van der Waals surface area contributed by atoms with E-state index in [1.807, 2.05) is 6.92 Å². The molecular formula is C16H33NaO4S. The van der Waals surface area contributed by atoms with Crippen LogP contribution in [0.5, 0.6) is 0 Å². The van der Waals surface area contributed by atoms with E-state index < -0.39 is 16.5 Å². The first-order valence-corrected chi connectivity index (χ1v) is 9.97. The summed E-state index contributed by atoms with van der Waals surface area (Å²) >= 11 is 0. The molecule has 0 aromatic carbocycles. The van der Waals surface area contributed by atoms with Crippen molar-refractivity contribution in [1.82, 2.24) is 0 Å². The van der Waals surface area contributed by atoms with Crippen molar-refractivity contribution in [2.24, 2.45) is 0 Å². The molecule has 0 aliphatic heterocycles. The minimum Gasteiger partial charge on any atom is -0.726 e. The summed E-state index contributed by atoms with van der Waals surface area (Å²) in [5.74, 6) is 0. The van der Waals surface area contributed by atoms with Crippen molar-refractivity contribution in [1.29, 1.82) is 0 Å². The molecule has 0 spiro atoms. The van der Waals surface area contributed by atoms with Gasteiger partial charge >= 0.3 is 29.6 Å². The molecule has 0 aromatic rings. The smallest absolute Gasteiger partial charge is 0.726 e. The third-order valence-electron chi connectivity index (χ3n) is 3.74. The standard InChI is InChI=1S/C16H34O4S.Na/c1-3-5-6-7-8-9-10-11-12-13-15-16(14-4-2)20-21(17,18)19;/h16H,3-15H2,1-2H3,(H,17,18,19);/q;+1/p-1. The Kier molecular flexibility index (Phi) is 19.1. The summed E-state index contributed by atoms with van der Waals surface area (Å²) in [6.45, 7) is 4.19. The van der Waals surface area contributed by atoms with Crippen LogP contribution in [0.15, 0.2) is 0 Å². The van der Waals surface area contributed by atoms with Crippen LogP contribution in [-0.2, 0) is 14.6 Å². The van der Waals surface area contributed by atoms with Crippen molar-refractivity contribution in [3.8, 4) is 0 Å². The molecule has 128 valence electrons. The Bertz CT molecular complexity index is 320. The van der Waals surface area contributed by atoms with Gasteiger partial charge in [-0.1, -0.05) is 84.5 Å². The Morgan fingerprint density at radius 1 is 0.773 bits per heavy atom. The molecule has 0 heterocycles. The van der Waals surface area contributed by atoms with Gasteiger partial charge in [-0.2, -0.15) is 0 Å². The van der Waals surface area contributed by atoms with Gasteiger partial charge in [0, 0.05) is 0 Å². The maximum absolute atomic E-state index is 10.6. The summed E-state index contributed by atoms with van der Waals surface area (Å²) in [5, 5.41) is 0. The molecule has 0 rings (SSSR count). The molecule has 0 radical (unpaired) electrons.